The molecule has 0 aliphatic rings. The second-order valence-electron chi connectivity index (χ2n) is 12.1. The minimum atomic E-state index is -0.886. The van der Waals surface area contributed by atoms with Crippen LogP contribution in [0.25, 0.3) is 117 Å². The second-order valence-corrected chi connectivity index (χ2v) is 15.1. The van der Waals surface area contributed by atoms with E-state index in [2.05, 4.69) is 15.0 Å². The highest BCUT2D eigenvalue weighted by atomic mass is 32.1. The van der Waals surface area contributed by atoms with E-state index in [1.807, 2.05) is 0 Å². The molecule has 0 saturated heterocycles. The van der Waals surface area contributed by atoms with E-state index in [0.29, 0.717) is 34.0 Å². The molecule has 0 bridgehead atoms. The Labute approximate surface area is 380 Å². The van der Waals surface area contributed by atoms with E-state index in [4.69, 9.17) is 27.4 Å². The van der Waals surface area contributed by atoms with Crippen LogP contribution in [0.1, 0.15) is 39.8 Å². The summed E-state index contributed by atoms with van der Waals surface area (Å²) in [5.74, 6) is -2.22. The van der Waals surface area contributed by atoms with Gasteiger partial charge < -0.3 is 0 Å². The Morgan fingerprint density at radius 3 is 1.53 bits per heavy atom. The lowest BCUT2D eigenvalue weighted by molar-refractivity contribution is 1.07. The van der Waals surface area contributed by atoms with Crippen molar-refractivity contribution in [1.82, 2.24) is 15.0 Å². The molecule has 0 spiro atoms. The maximum Gasteiger partial charge on any atom is 0.164 e. The van der Waals surface area contributed by atoms with Crippen molar-refractivity contribution < 1.29 is 39.8 Å². The topological polar surface area (TPSA) is 38.7 Å². The molecule has 12 aromatic rings. The van der Waals surface area contributed by atoms with Gasteiger partial charge in [0, 0.05) is 77.2 Å². The minimum absolute atomic E-state index is 0.102. The summed E-state index contributed by atoms with van der Waals surface area (Å²) in [7, 11) is 0. The van der Waals surface area contributed by atoms with E-state index in [0.717, 1.165) is 0 Å². The van der Waals surface area contributed by atoms with Crippen LogP contribution in [-0.2, 0) is 0 Å². The van der Waals surface area contributed by atoms with Gasteiger partial charge in [-0.2, -0.15) is 0 Å². The molecule has 0 aliphatic carbocycles. The summed E-state index contributed by atoms with van der Waals surface area (Å²) >= 11 is 1.93. The molecule has 0 saturated carbocycles. The van der Waals surface area contributed by atoms with Gasteiger partial charge >= 0.3 is 0 Å². The zero-order valence-electron chi connectivity index (χ0n) is 57.1. The Bertz CT molecular complexity index is 5100. The lowest BCUT2D eigenvalue weighted by Gasteiger charge is -2.12. The van der Waals surface area contributed by atoms with Crippen LogP contribution in [0.3, 0.4) is 0 Å². The van der Waals surface area contributed by atoms with Crippen molar-refractivity contribution in [2.75, 3.05) is 0 Å². The maximum absolute atomic E-state index is 10.2. The number of hydrogen-bond acceptors (Lipinski definition) is 6. The largest absolute Gasteiger partial charge is 0.208 e. The predicted octanol–water partition coefficient (Wildman–Crippen LogP) is 15.3. The summed E-state index contributed by atoms with van der Waals surface area (Å²) in [6.07, 6.45) is 0. The van der Waals surface area contributed by atoms with Gasteiger partial charge in [-0.25, -0.2) is 15.0 Å². The molecule has 57 heavy (non-hydrogen) atoms. The summed E-state index contributed by atoms with van der Waals surface area (Å²) in [5, 5.41) is -1.69. The van der Waals surface area contributed by atoms with Crippen LogP contribution < -0.4 is 0 Å². The van der Waals surface area contributed by atoms with Gasteiger partial charge in [0.05, 0.1) is 39.8 Å². The number of fused-ring (bicyclic) bond motifs is 9. The van der Waals surface area contributed by atoms with Crippen molar-refractivity contribution in [3.8, 4) is 56.4 Å². The highest BCUT2D eigenvalue weighted by Crippen LogP contribution is 2.48. The molecular formula is C51H29N3S3. The number of nitrogens with zero attached hydrogens (tertiary/aromatic N) is 3. The van der Waals surface area contributed by atoms with Crippen LogP contribution in [-0.4, -0.2) is 15.0 Å². The third kappa shape index (κ3) is 5.41. The van der Waals surface area contributed by atoms with E-state index < -0.39 is 232 Å². The molecule has 4 heterocycles. The zero-order valence-corrected chi connectivity index (χ0v) is 30.5. The molecule has 0 amide bonds. The van der Waals surface area contributed by atoms with Crippen LogP contribution in [0.2, 0.25) is 0 Å². The SMILES string of the molecule is [2H]c1c([2H])c([2H])c(-c2nc(-c3c([2H])c([2H])c([2H])c([2H])c3[2H])nc(-c3c([2H])c([2H])c4c(sc5c([2H])c([2H])c(-c6c([2H])c(-c7c([2H])c([2H])c([2H])c8sc9c([2H])c([2H])c([2H])c([2H])c9c78)c7c(sc8c([2H])c([2H])c([2H])c([2H])c87)c6[2H])c([2H])c54)c3[2H])n2)c([2H])c1[2H]. The molecular weight excluding hydrogens is 751 g/mol. The van der Waals surface area contributed by atoms with Gasteiger partial charge in [-0.1, -0.05) is 127 Å². The van der Waals surface area contributed by atoms with Crippen molar-refractivity contribution >= 4 is 94.5 Å². The molecule has 0 fully saturated rings. The van der Waals surface area contributed by atoms with Gasteiger partial charge in [0.1, 0.15) is 0 Å². The van der Waals surface area contributed by atoms with Crippen LogP contribution >= 0.6 is 34.0 Å². The Balaban J connectivity index is 1.21. The lowest BCUT2D eigenvalue weighted by Crippen LogP contribution is -1.99. The first-order valence-corrected chi connectivity index (χ1v) is 19.0. The van der Waals surface area contributed by atoms with E-state index in [9.17, 15) is 12.3 Å². The Morgan fingerprint density at radius 1 is 0.298 bits per heavy atom. The van der Waals surface area contributed by atoms with Crippen molar-refractivity contribution in [3.63, 3.8) is 0 Å². The number of aromatic nitrogens is 3. The molecule has 266 valence electrons. The fourth-order valence-corrected chi connectivity index (χ4v) is 9.36. The number of hydrogen-bond donors (Lipinski definition) is 0. The van der Waals surface area contributed by atoms with Crippen molar-refractivity contribution in [2.24, 2.45) is 0 Å². The maximum atomic E-state index is 10.2. The van der Waals surface area contributed by atoms with E-state index in [-0.39, 0.29) is 60.5 Å². The molecule has 8 aromatic carbocycles. The van der Waals surface area contributed by atoms with Gasteiger partial charge in [-0.05, 0) is 70.6 Å². The average molecular weight is 809 g/mol. The molecule has 6 heteroatoms. The Hall–Kier alpha value is -6.57. The predicted molar refractivity (Wildman–Crippen MR) is 246 cm³/mol. The minimum Gasteiger partial charge on any atom is -0.208 e. The Kier molecular flexibility index (Phi) is 3.44. The second kappa shape index (κ2) is 13.0. The van der Waals surface area contributed by atoms with E-state index >= 15 is 0 Å². The lowest BCUT2D eigenvalue weighted by atomic mass is 9.92. The van der Waals surface area contributed by atoms with Crippen molar-refractivity contribution in [1.29, 1.82) is 0 Å². The van der Waals surface area contributed by atoms with Crippen molar-refractivity contribution in [2.45, 2.75) is 0 Å². The molecule has 0 unspecified atom stereocenters. The standard InChI is InChI=1S/C51H29N3S3/c1-3-12-30(13-4-1)49-52-50(31-14-5-2-6-15-31)54-51(53-49)33-22-24-35-39-26-32(23-25-43(39)56-45(35)28-33)34-27-40(48-38-17-8-10-20-42(38)57-46(48)29-34)36-18-11-21-44-47(36)37-16-7-9-19-41(37)55-44/h1-29H/i1D,2D,3D,4D,5D,6D,7D,8D,9D,10D,11D,12D,13D,14D,15D,16D,17D,18D,19D,20D,21D,22D,23D,24D,25D,26D,27D,28D,29D. The average Bonchev–Trinajstić information content (AvgIpc) is 1.47. The molecule has 12 rings (SSSR count). The molecule has 3 nitrogen and oxygen atoms in total. The third-order valence-electron chi connectivity index (χ3n) is 8.84. The first kappa shape index (κ1) is 15.1. The monoisotopic (exact) mass is 808 g/mol. The third-order valence-corrected chi connectivity index (χ3v) is 11.9. The highest BCUT2D eigenvalue weighted by molar-refractivity contribution is 7.26. The number of benzene rings is 8. The summed E-state index contributed by atoms with van der Waals surface area (Å²) in [6, 6.07) is -21.9. The summed E-state index contributed by atoms with van der Waals surface area (Å²) in [5.41, 5.74) is -4.13. The highest BCUT2D eigenvalue weighted by Gasteiger charge is 2.19. The van der Waals surface area contributed by atoms with Crippen LogP contribution in [0.5, 0.6) is 0 Å². The van der Waals surface area contributed by atoms with Gasteiger partial charge in [-0.3, -0.25) is 0 Å². The van der Waals surface area contributed by atoms with Crippen molar-refractivity contribution in [3.05, 3.63) is 175 Å². The molecule has 0 aliphatic heterocycles. The first-order valence-electron chi connectivity index (χ1n) is 31.1. The van der Waals surface area contributed by atoms with Crippen LogP contribution in [0, 0.1) is 0 Å². The van der Waals surface area contributed by atoms with Crippen LogP contribution in [0.15, 0.2) is 175 Å². The molecule has 0 radical (unpaired) electrons. The summed E-state index contributed by atoms with van der Waals surface area (Å²) in [6.45, 7) is 0. The zero-order chi connectivity index (χ0) is 62.7. The fraction of sp³-hybridized carbons (Fsp3) is 0. The van der Waals surface area contributed by atoms with E-state index in [1.165, 1.54) is 0 Å². The van der Waals surface area contributed by atoms with Crippen LogP contribution in [0.4, 0.5) is 0 Å². The normalized spacial score (nSPS) is 19.0. The molecule has 4 aromatic heterocycles. The van der Waals surface area contributed by atoms with Gasteiger partial charge in [-0.15, -0.1) is 34.0 Å². The Morgan fingerprint density at radius 2 is 0.825 bits per heavy atom. The van der Waals surface area contributed by atoms with Gasteiger partial charge in [0.15, 0.2) is 17.5 Å². The number of rotatable bonds is 5. The summed E-state index contributed by atoms with van der Waals surface area (Å²) in [4.78, 5) is 12.9. The van der Waals surface area contributed by atoms with Gasteiger partial charge in [0.25, 0.3) is 0 Å². The van der Waals surface area contributed by atoms with E-state index in [1.54, 1.807) is 0 Å². The number of thiophene rings is 3. The quantitative estimate of drug-likeness (QED) is 0.174. The fourth-order valence-electron chi connectivity index (χ4n) is 6.40. The van der Waals surface area contributed by atoms with Gasteiger partial charge in [0.2, 0.25) is 0 Å². The first-order chi connectivity index (χ1) is 40.3. The molecule has 0 atom stereocenters. The smallest absolute Gasteiger partial charge is 0.164 e. The molecule has 0 N–H and O–H groups in total. The summed E-state index contributed by atoms with van der Waals surface area (Å²) < 4.78 is 260.